The summed E-state index contributed by atoms with van der Waals surface area (Å²) in [5.41, 5.74) is 4.11. The molecule has 0 amide bonds. The maximum atomic E-state index is 4.48. The van der Waals surface area contributed by atoms with Crippen molar-refractivity contribution in [2.75, 3.05) is 47.8 Å². The van der Waals surface area contributed by atoms with Gasteiger partial charge < -0.3 is 15.1 Å². The molecule has 0 atom stereocenters. The van der Waals surface area contributed by atoms with Crippen molar-refractivity contribution in [1.82, 2.24) is 9.97 Å². The monoisotopic (exact) mass is 339 g/mol. The minimum Gasteiger partial charge on any atom is -0.370 e. The van der Waals surface area contributed by atoms with E-state index in [1.807, 2.05) is 0 Å². The van der Waals surface area contributed by atoms with Gasteiger partial charge in [0, 0.05) is 44.5 Å². The molecule has 0 bridgehead atoms. The van der Waals surface area contributed by atoms with E-state index in [1.54, 1.807) is 6.33 Å². The van der Waals surface area contributed by atoms with Crippen molar-refractivity contribution in [3.63, 3.8) is 0 Å². The normalized spacial score (nSPS) is 14.7. The van der Waals surface area contributed by atoms with Crippen LogP contribution in [-0.2, 0) is 0 Å². The Balaban J connectivity index is 1.62. The minimum absolute atomic E-state index is 0.926. The van der Waals surface area contributed by atoms with Crippen LogP contribution in [0.4, 0.5) is 17.3 Å². The maximum absolute atomic E-state index is 4.48. The average Bonchev–Trinajstić information content (AvgIpc) is 2.65. The number of aromatic nitrogens is 2. The van der Waals surface area contributed by atoms with E-state index in [0.717, 1.165) is 50.8 Å². The largest absolute Gasteiger partial charge is 0.370 e. The second-order valence-electron chi connectivity index (χ2n) is 6.73. The first-order valence-corrected chi connectivity index (χ1v) is 9.31. The van der Waals surface area contributed by atoms with Crippen LogP contribution >= 0.6 is 0 Å². The molecule has 0 radical (unpaired) electrons. The first-order chi connectivity index (χ1) is 12.2. The highest BCUT2D eigenvalue weighted by Crippen LogP contribution is 2.25. The number of unbranched alkanes of at least 4 members (excludes halogenated alkanes) is 1. The lowest BCUT2D eigenvalue weighted by atomic mass is 10.1. The SMILES string of the molecule is CCCCNc1cc(N2CCN(c3cccc(C)c3C)CC2)ncn1. The molecule has 0 spiro atoms. The highest BCUT2D eigenvalue weighted by atomic mass is 15.3. The summed E-state index contributed by atoms with van der Waals surface area (Å²) in [6, 6.07) is 8.65. The molecule has 5 heteroatoms. The van der Waals surface area contributed by atoms with Crippen molar-refractivity contribution in [1.29, 1.82) is 0 Å². The average molecular weight is 339 g/mol. The van der Waals surface area contributed by atoms with Gasteiger partial charge in [-0.1, -0.05) is 25.5 Å². The van der Waals surface area contributed by atoms with Crippen molar-refractivity contribution in [3.05, 3.63) is 41.7 Å². The van der Waals surface area contributed by atoms with Crippen LogP contribution in [-0.4, -0.2) is 42.7 Å². The molecule has 5 nitrogen and oxygen atoms in total. The van der Waals surface area contributed by atoms with Crippen LogP contribution in [0.3, 0.4) is 0 Å². The minimum atomic E-state index is 0.926. The van der Waals surface area contributed by atoms with E-state index < -0.39 is 0 Å². The lowest BCUT2D eigenvalue weighted by Crippen LogP contribution is -2.47. The lowest BCUT2D eigenvalue weighted by molar-refractivity contribution is 0.645. The lowest BCUT2D eigenvalue weighted by Gasteiger charge is -2.37. The summed E-state index contributed by atoms with van der Waals surface area (Å²) in [5.74, 6) is 1.95. The third-order valence-electron chi connectivity index (χ3n) is 5.01. The Hall–Kier alpha value is -2.30. The molecule has 25 heavy (non-hydrogen) atoms. The third kappa shape index (κ3) is 4.21. The zero-order valence-corrected chi connectivity index (χ0v) is 15.6. The van der Waals surface area contributed by atoms with Gasteiger partial charge in [-0.15, -0.1) is 0 Å². The fourth-order valence-electron chi connectivity index (χ4n) is 3.26. The summed E-state index contributed by atoms with van der Waals surface area (Å²) >= 11 is 0. The molecule has 1 saturated heterocycles. The smallest absolute Gasteiger partial charge is 0.134 e. The zero-order chi connectivity index (χ0) is 17.6. The summed E-state index contributed by atoms with van der Waals surface area (Å²) < 4.78 is 0. The van der Waals surface area contributed by atoms with E-state index in [4.69, 9.17) is 0 Å². The van der Waals surface area contributed by atoms with Crippen LogP contribution in [0.1, 0.15) is 30.9 Å². The van der Waals surface area contributed by atoms with Gasteiger partial charge in [-0.05, 0) is 37.5 Å². The van der Waals surface area contributed by atoms with Gasteiger partial charge in [-0.25, -0.2) is 9.97 Å². The molecular formula is C20H29N5. The molecule has 2 aromatic rings. The molecule has 1 aliphatic heterocycles. The molecule has 0 unspecified atom stereocenters. The summed E-state index contributed by atoms with van der Waals surface area (Å²) in [6.07, 6.45) is 4.01. The van der Waals surface area contributed by atoms with Crippen LogP contribution in [0.25, 0.3) is 0 Å². The van der Waals surface area contributed by atoms with Gasteiger partial charge in [0.1, 0.15) is 18.0 Å². The topological polar surface area (TPSA) is 44.3 Å². The van der Waals surface area contributed by atoms with Crippen LogP contribution in [0.15, 0.2) is 30.6 Å². The Bertz CT molecular complexity index is 692. The van der Waals surface area contributed by atoms with Gasteiger partial charge in [0.25, 0.3) is 0 Å². The van der Waals surface area contributed by atoms with Crippen LogP contribution < -0.4 is 15.1 Å². The van der Waals surface area contributed by atoms with Crippen LogP contribution in [0.5, 0.6) is 0 Å². The van der Waals surface area contributed by atoms with Crippen molar-refractivity contribution in [2.45, 2.75) is 33.6 Å². The predicted molar refractivity (Wildman–Crippen MR) is 106 cm³/mol. The van der Waals surface area contributed by atoms with E-state index in [2.05, 4.69) is 70.1 Å². The van der Waals surface area contributed by atoms with Gasteiger partial charge in [0.05, 0.1) is 0 Å². The summed E-state index contributed by atoms with van der Waals surface area (Å²) in [5, 5.41) is 3.39. The van der Waals surface area contributed by atoms with Crippen LogP contribution in [0.2, 0.25) is 0 Å². The number of hydrogen-bond acceptors (Lipinski definition) is 5. The number of benzene rings is 1. The standard InChI is InChI=1S/C20H29N5/c1-4-5-9-21-19-14-20(23-15-22-19)25-12-10-24(11-13-25)18-8-6-7-16(2)17(18)3/h6-8,14-15H,4-5,9-13H2,1-3H3,(H,21,22,23). The molecule has 1 aliphatic rings. The Labute approximate surface area is 151 Å². The maximum Gasteiger partial charge on any atom is 0.134 e. The Kier molecular flexibility index (Phi) is 5.74. The van der Waals surface area contributed by atoms with E-state index >= 15 is 0 Å². The van der Waals surface area contributed by atoms with Crippen molar-refractivity contribution in [3.8, 4) is 0 Å². The summed E-state index contributed by atoms with van der Waals surface area (Å²) in [7, 11) is 0. The fraction of sp³-hybridized carbons (Fsp3) is 0.500. The zero-order valence-electron chi connectivity index (χ0n) is 15.6. The van der Waals surface area contributed by atoms with E-state index in [0.29, 0.717) is 0 Å². The van der Waals surface area contributed by atoms with Crippen molar-refractivity contribution >= 4 is 17.3 Å². The van der Waals surface area contributed by atoms with E-state index in [-0.39, 0.29) is 0 Å². The van der Waals surface area contributed by atoms with E-state index in [9.17, 15) is 0 Å². The third-order valence-corrected chi connectivity index (χ3v) is 5.01. The summed E-state index contributed by atoms with van der Waals surface area (Å²) in [4.78, 5) is 13.6. The molecular weight excluding hydrogens is 310 g/mol. The van der Waals surface area contributed by atoms with E-state index in [1.165, 1.54) is 23.2 Å². The number of nitrogens with zero attached hydrogens (tertiary/aromatic N) is 4. The second-order valence-corrected chi connectivity index (χ2v) is 6.73. The highest BCUT2D eigenvalue weighted by Gasteiger charge is 2.20. The fourth-order valence-corrected chi connectivity index (χ4v) is 3.26. The quantitative estimate of drug-likeness (QED) is 0.814. The molecule has 1 N–H and O–H groups in total. The summed E-state index contributed by atoms with van der Waals surface area (Å²) in [6.45, 7) is 11.6. The number of piperazine rings is 1. The molecule has 2 heterocycles. The highest BCUT2D eigenvalue weighted by molar-refractivity contribution is 5.57. The molecule has 0 saturated carbocycles. The van der Waals surface area contributed by atoms with Gasteiger partial charge in [-0.2, -0.15) is 0 Å². The van der Waals surface area contributed by atoms with Crippen LogP contribution in [0, 0.1) is 13.8 Å². The van der Waals surface area contributed by atoms with Gasteiger partial charge in [0.2, 0.25) is 0 Å². The van der Waals surface area contributed by atoms with Gasteiger partial charge in [-0.3, -0.25) is 0 Å². The molecule has 3 rings (SSSR count). The molecule has 1 aromatic heterocycles. The van der Waals surface area contributed by atoms with Gasteiger partial charge in [0.15, 0.2) is 0 Å². The number of nitrogens with one attached hydrogen (secondary N) is 1. The number of rotatable bonds is 6. The molecule has 134 valence electrons. The molecule has 0 aliphatic carbocycles. The first-order valence-electron chi connectivity index (χ1n) is 9.31. The Morgan fingerprint density at radius 2 is 1.80 bits per heavy atom. The predicted octanol–water partition coefficient (Wildman–Crippen LogP) is 3.63. The molecule has 1 aromatic carbocycles. The second kappa shape index (κ2) is 8.19. The van der Waals surface area contributed by atoms with Gasteiger partial charge >= 0.3 is 0 Å². The Morgan fingerprint density at radius 3 is 2.56 bits per heavy atom. The number of hydrogen-bond donors (Lipinski definition) is 1. The number of anilines is 3. The van der Waals surface area contributed by atoms with Crippen molar-refractivity contribution < 1.29 is 0 Å². The molecule has 1 fully saturated rings. The van der Waals surface area contributed by atoms with Crippen molar-refractivity contribution in [2.24, 2.45) is 0 Å². The number of aryl methyl sites for hydroxylation is 1. The first kappa shape index (κ1) is 17.5. The Morgan fingerprint density at radius 1 is 1.04 bits per heavy atom.